The van der Waals surface area contributed by atoms with E-state index in [0.29, 0.717) is 41.4 Å². The lowest BCUT2D eigenvalue weighted by molar-refractivity contribution is -0.141. The molecule has 2 aliphatic carbocycles. The average Bonchev–Trinajstić information content (AvgIpc) is 3.38. The van der Waals surface area contributed by atoms with Crippen LogP contribution < -0.4 is 9.64 Å². The van der Waals surface area contributed by atoms with E-state index in [4.69, 9.17) is 9.84 Å². The van der Waals surface area contributed by atoms with Gasteiger partial charge < -0.3 is 14.9 Å². The van der Waals surface area contributed by atoms with E-state index >= 15 is 0 Å². The van der Waals surface area contributed by atoms with Crippen molar-refractivity contribution in [2.45, 2.75) is 51.4 Å². The Labute approximate surface area is 269 Å². The molecule has 1 saturated carbocycles. The van der Waals surface area contributed by atoms with Gasteiger partial charge in [0.2, 0.25) is 23.6 Å². The number of methoxy groups -OCH3 is 1. The number of hydrogen-bond acceptors (Lipinski definition) is 7. The molecule has 10 nitrogen and oxygen atoms in total. The van der Waals surface area contributed by atoms with Gasteiger partial charge in [0.25, 0.3) is 0 Å². The summed E-state index contributed by atoms with van der Waals surface area (Å²) < 4.78 is 5.83. The second kappa shape index (κ2) is 11.7. The molecule has 6 atom stereocenters. The van der Waals surface area contributed by atoms with Gasteiger partial charge in [0.05, 0.1) is 40.4 Å². The standard InChI is InChI=1S/C34H35BrN2O8/c1-34-23(31(42)37(33(34)44)19-9-5-3-6-10-19)17-22-20(28(34)18-15-24(35)29(40)25(16-18)45-2)12-13-21-27(22)32(43)36(30(21)41)14-8-4-7-11-26(38)39/h3,5-6,9-10,12,15-16,21-23,27-28,40H,4,7-8,11,13-14,17H2,1-2H3,(H,38,39)/t21-,22+,23-,27-,28-,34+/m0/s1. The summed E-state index contributed by atoms with van der Waals surface area (Å²) in [6, 6.07) is 12.2. The van der Waals surface area contributed by atoms with Crippen molar-refractivity contribution in [3.8, 4) is 11.5 Å². The zero-order chi connectivity index (χ0) is 32.2. The van der Waals surface area contributed by atoms with E-state index in [9.17, 15) is 29.1 Å². The number of rotatable bonds is 9. The second-order valence-corrected chi connectivity index (χ2v) is 13.4. The molecule has 0 bridgehead atoms. The number of ether oxygens (including phenoxy) is 1. The Morgan fingerprint density at radius 1 is 1.02 bits per heavy atom. The van der Waals surface area contributed by atoms with Gasteiger partial charge in [-0.2, -0.15) is 0 Å². The van der Waals surface area contributed by atoms with Gasteiger partial charge in [0.15, 0.2) is 11.5 Å². The zero-order valence-corrected chi connectivity index (χ0v) is 26.7. The Kier molecular flexibility index (Phi) is 8.09. The van der Waals surface area contributed by atoms with E-state index in [-0.39, 0.29) is 54.5 Å². The summed E-state index contributed by atoms with van der Waals surface area (Å²) in [6.45, 7) is 2.03. The van der Waals surface area contributed by atoms with Crippen molar-refractivity contribution in [3.63, 3.8) is 0 Å². The van der Waals surface area contributed by atoms with Crippen LogP contribution in [-0.4, -0.2) is 58.4 Å². The van der Waals surface area contributed by atoms with Gasteiger partial charge in [0.1, 0.15) is 0 Å². The fourth-order valence-corrected chi connectivity index (χ4v) is 8.60. The van der Waals surface area contributed by atoms with Crippen molar-refractivity contribution >= 4 is 51.2 Å². The van der Waals surface area contributed by atoms with Crippen molar-refractivity contribution in [1.29, 1.82) is 0 Å². The summed E-state index contributed by atoms with van der Waals surface area (Å²) in [7, 11) is 1.43. The van der Waals surface area contributed by atoms with Gasteiger partial charge in [-0.1, -0.05) is 36.3 Å². The van der Waals surface area contributed by atoms with Crippen LogP contribution in [0.3, 0.4) is 0 Å². The smallest absolute Gasteiger partial charge is 0.303 e. The predicted octanol–water partition coefficient (Wildman–Crippen LogP) is 5.04. The largest absolute Gasteiger partial charge is 0.503 e. The minimum atomic E-state index is -1.21. The van der Waals surface area contributed by atoms with Crippen LogP contribution in [0.25, 0.3) is 0 Å². The SMILES string of the molecule is COc1cc([C@H]2C3=CC[C@@H]4C(=O)N(CCCCCC(=O)O)C(=O)[C@@H]4[C@@H]3C[C@H]3C(=O)N(c4ccccc4)C(=O)[C@@]23C)cc(Br)c1O. The maximum atomic E-state index is 14.5. The molecule has 45 heavy (non-hydrogen) atoms. The van der Waals surface area contributed by atoms with Crippen LogP contribution in [0.4, 0.5) is 5.69 Å². The first kappa shape index (κ1) is 31.0. The number of halogens is 1. The molecule has 4 aliphatic rings. The van der Waals surface area contributed by atoms with Gasteiger partial charge in [-0.25, -0.2) is 4.90 Å². The monoisotopic (exact) mass is 678 g/mol. The number of para-hydroxylation sites is 1. The molecule has 11 heteroatoms. The molecule has 6 rings (SSSR count). The number of hydrogen-bond donors (Lipinski definition) is 2. The molecule has 2 aromatic rings. The minimum absolute atomic E-state index is 0.0367. The van der Waals surface area contributed by atoms with Crippen LogP contribution in [-0.2, 0) is 24.0 Å². The fraction of sp³-hybridized carbons (Fsp3) is 0.441. The van der Waals surface area contributed by atoms with Gasteiger partial charge in [-0.15, -0.1) is 0 Å². The van der Waals surface area contributed by atoms with E-state index in [2.05, 4.69) is 15.9 Å². The summed E-state index contributed by atoms with van der Waals surface area (Å²) in [5.41, 5.74) is 0.762. The lowest BCUT2D eigenvalue weighted by atomic mass is 9.51. The molecule has 3 fully saturated rings. The van der Waals surface area contributed by atoms with Gasteiger partial charge >= 0.3 is 5.97 Å². The third kappa shape index (κ3) is 4.86. The van der Waals surface area contributed by atoms with Crippen LogP contribution in [0.2, 0.25) is 0 Å². The summed E-state index contributed by atoms with van der Waals surface area (Å²) >= 11 is 3.42. The van der Waals surface area contributed by atoms with Crippen molar-refractivity contribution in [2.24, 2.45) is 29.1 Å². The number of phenolic OH excluding ortho intramolecular Hbond substituents is 1. The first-order chi connectivity index (χ1) is 21.5. The van der Waals surface area contributed by atoms with Crippen molar-refractivity contribution in [2.75, 3.05) is 18.6 Å². The predicted molar refractivity (Wildman–Crippen MR) is 166 cm³/mol. The number of allylic oxidation sites excluding steroid dienone is 2. The first-order valence-corrected chi connectivity index (χ1v) is 16.1. The minimum Gasteiger partial charge on any atom is -0.503 e. The van der Waals surface area contributed by atoms with E-state index in [1.165, 1.54) is 16.9 Å². The Hall–Kier alpha value is -3.99. The molecule has 0 radical (unpaired) electrons. The summed E-state index contributed by atoms with van der Waals surface area (Å²) in [4.78, 5) is 69.7. The van der Waals surface area contributed by atoms with Crippen LogP contribution in [0.15, 0.2) is 58.6 Å². The van der Waals surface area contributed by atoms with Gasteiger partial charge in [-0.05, 0) is 84.3 Å². The Morgan fingerprint density at radius 2 is 1.76 bits per heavy atom. The van der Waals surface area contributed by atoms with Crippen LogP contribution in [0, 0.1) is 29.1 Å². The number of aliphatic carboxylic acids is 1. The number of fused-ring (bicyclic) bond motifs is 4. The van der Waals surface area contributed by atoms with E-state index in [0.717, 1.165) is 5.57 Å². The number of anilines is 1. The maximum Gasteiger partial charge on any atom is 0.303 e. The Morgan fingerprint density at radius 3 is 2.44 bits per heavy atom. The normalized spacial score (nSPS) is 29.0. The molecule has 2 N–H and O–H groups in total. The number of carboxylic acids is 1. The molecule has 0 unspecified atom stereocenters. The molecule has 2 aliphatic heterocycles. The highest BCUT2D eigenvalue weighted by molar-refractivity contribution is 9.10. The topological polar surface area (TPSA) is 142 Å². The Bertz CT molecular complexity index is 1620. The van der Waals surface area contributed by atoms with Gasteiger partial charge in [-0.3, -0.25) is 28.9 Å². The quantitative estimate of drug-likeness (QED) is 0.214. The highest BCUT2D eigenvalue weighted by Gasteiger charge is 2.67. The molecular formula is C34H35BrN2O8. The van der Waals surface area contributed by atoms with Crippen LogP contribution in [0.1, 0.15) is 56.9 Å². The summed E-state index contributed by atoms with van der Waals surface area (Å²) in [5, 5.41) is 19.5. The zero-order valence-electron chi connectivity index (χ0n) is 25.1. The molecule has 0 spiro atoms. The third-order valence-electron chi connectivity index (χ3n) is 10.3. The van der Waals surface area contributed by atoms with Crippen molar-refractivity contribution in [3.05, 3.63) is 64.1 Å². The molecular weight excluding hydrogens is 644 g/mol. The first-order valence-electron chi connectivity index (χ1n) is 15.3. The molecule has 2 aromatic carbocycles. The lowest BCUT2D eigenvalue weighted by Crippen LogP contribution is -2.48. The lowest BCUT2D eigenvalue weighted by Gasteiger charge is -2.49. The number of benzene rings is 2. The number of imide groups is 2. The second-order valence-electron chi connectivity index (χ2n) is 12.6. The molecule has 4 amide bonds. The fourth-order valence-electron chi connectivity index (χ4n) is 8.14. The molecule has 0 aromatic heterocycles. The number of carboxylic acid groups (broad SMARTS) is 1. The summed E-state index contributed by atoms with van der Waals surface area (Å²) in [6.07, 6.45) is 4.15. The number of phenols is 1. The van der Waals surface area contributed by atoms with E-state index in [1.54, 1.807) is 36.4 Å². The molecule has 236 valence electrons. The number of likely N-dealkylation sites (tertiary alicyclic amines) is 1. The van der Waals surface area contributed by atoms with Crippen molar-refractivity contribution < 1.29 is 38.9 Å². The van der Waals surface area contributed by atoms with E-state index < -0.39 is 41.0 Å². The number of unbranched alkanes of at least 4 members (excludes halogenated alkanes) is 2. The highest BCUT2D eigenvalue weighted by Crippen LogP contribution is 2.64. The number of amides is 4. The van der Waals surface area contributed by atoms with E-state index in [1.807, 2.05) is 19.1 Å². The molecule has 2 saturated heterocycles. The number of nitrogens with zero attached hydrogens (tertiary/aromatic N) is 2. The number of aromatic hydroxyl groups is 1. The average molecular weight is 680 g/mol. The number of carbonyl (C=O) groups excluding carboxylic acids is 4. The van der Waals surface area contributed by atoms with Crippen LogP contribution in [0.5, 0.6) is 11.5 Å². The maximum absolute atomic E-state index is 14.5. The van der Waals surface area contributed by atoms with Crippen molar-refractivity contribution in [1.82, 2.24) is 4.90 Å². The summed E-state index contributed by atoms with van der Waals surface area (Å²) in [5.74, 6) is -5.03. The number of carbonyl (C=O) groups is 5. The molecule has 2 heterocycles. The Balaban J connectivity index is 1.41. The van der Waals surface area contributed by atoms with Gasteiger partial charge in [0, 0.05) is 18.9 Å². The highest BCUT2D eigenvalue weighted by atomic mass is 79.9. The third-order valence-corrected chi connectivity index (χ3v) is 10.9. The van der Waals surface area contributed by atoms with Crippen LogP contribution >= 0.6 is 15.9 Å².